The molecule has 0 spiro atoms. The number of hydrogen-bond acceptors (Lipinski definition) is 2. The van der Waals surface area contributed by atoms with Gasteiger partial charge in [-0.3, -0.25) is 0 Å². The fraction of sp³-hybridized carbons (Fsp3) is 0.647. The lowest BCUT2D eigenvalue weighted by atomic mass is 9.87. The molecule has 0 saturated heterocycles. The predicted molar refractivity (Wildman–Crippen MR) is 78.3 cm³/mol. The minimum absolute atomic E-state index is 0.406. The Kier molecular flexibility index (Phi) is 3.79. The van der Waals surface area contributed by atoms with Crippen LogP contribution >= 0.6 is 0 Å². The normalized spacial score (nSPS) is 30.3. The van der Waals surface area contributed by atoms with Crippen LogP contribution in [-0.4, -0.2) is 11.7 Å². The number of hydrogen-bond donors (Lipinski definition) is 2. The van der Waals surface area contributed by atoms with E-state index in [1.54, 1.807) is 0 Å². The van der Waals surface area contributed by atoms with Crippen molar-refractivity contribution in [3.8, 4) is 5.75 Å². The first-order valence-electron chi connectivity index (χ1n) is 7.79. The summed E-state index contributed by atoms with van der Waals surface area (Å²) in [7, 11) is 0. The molecule has 1 aromatic rings. The third kappa shape index (κ3) is 2.79. The van der Waals surface area contributed by atoms with Crippen LogP contribution in [0.15, 0.2) is 18.2 Å². The first-order chi connectivity index (χ1) is 9.24. The van der Waals surface area contributed by atoms with Crippen molar-refractivity contribution in [1.82, 2.24) is 5.32 Å². The first kappa shape index (κ1) is 13.0. The van der Waals surface area contributed by atoms with Gasteiger partial charge in [0.25, 0.3) is 0 Å². The summed E-state index contributed by atoms with van der Waals surface area (Å²) in [5.41, 5.74) is 2.75. The summed E-state index contributed by atoms with van der Waals surface area (Å²) < 4.78 is 0. The largest absolute Gasteiger partial charge is 0.508 e. The molecular formula is C17H25NO. The smallest absolute Gasteiger partial charge is 0.115 e. The van der Waals surface area contributed by atoms with Crippen molar-refractivity contribution in [3.63, 3.8) is 0 Å². The molecule has 1 fully saturated rings. The Bertz CT molecular complexity index is 443. The summed E-state index contributed by atoms with van der Waals surface area (Å²) >= 11 is 0. The fourth-order valence-corrected chi connectivity index (χ4v) is 3.83. The van der Waals surface area contributed by atoms with Gasteiger partial charge in [-0.2, -0.15) is 0 Å². The van der Waals surface area contributed by atoms with Crippen LogP contribution < -0.4 is 5.32 Å². The molecular weight excluding hydrogens is 234 g/mol. The van der Waals surface area contributed by atoms with E-state index in [1.807, 2.05) is 12.1 Å². The summed E-state index contributed by atoms with van der Waals surface area (Å²) in [6, 6.07) is 6.38. The van der Waals surface area contributed by atoms with E-state index in [2.05, 4.69) is 18.3 Å². The number of nitrogens with one attached hydrogen (secondary N) is 1. The summed E-state index contributed by atoms with van der Waals surface area (Å²) in [5, 5.41) is 13.4. The van der Waals surface area contributed by atoms with E-state index in [0.29, 0.717) is 11.8 Å². The molecule has 19 heavy (non-hydrogen) atoms. The van der Waals surface area contributed by atoms with Gasteiger partial charge < -0.3 is 10.4 Å². The fourth-order valence-electron chi connectivity index (χ4n) is 3.83. The van der Waals surface area contributed by atoms with Gasteiger partial charge in [0.1, 0.15) is 5.75 Å². The lowest BCUT2D eigenvalue weighted by molar-refractivity contribution is 0.352. The quantitative estimate of drug-likeness (QED) is 0.865. The van der Waals surface area contributed by atoms with Gasteiger partial charge in [0, 0.05) is 6.04 Å². The molecule has 3 atom stereocenters. The highest BCUT2D eigenvalue weighted by atomic mass is 16.3. The van der Waals surface area contributed by atoms with Crippen LogP contribution in [0, 0.1) is 11.8 Å². The molecule has 0 heterocycles. The van der Waals surface area contributed by atoms with Crippen molar-refractivity contribution < 1.29 is 5.11 Å². The molecule has 2 nitrogen and oxygen atoms in total. The number of aryl methyl sites for hydroxylation is 1. The van der Waals surface area contributed by atoms with Crippen molar-refractivity contribution in [3.05, 3.63) is 29.3 Å². The molecule has 2 heteroatoms. The number of benzene rings is 1. The third-order valence-corrected chi connectivity index (χ3v) is 5.11. The van der Waals surface area contributed by atoms with Crippen LogP contribution in [0.4, 0.5) is 0 Å². The minimum atomic E-state index is 0.406. The number of fused-ring (bicyclic) bond motifs is 1. The molecule has 0 aliphatic heterocycles. The van der Waals surface area contributed by atoms with Crippen LogP contribution in [0.1, 0.15) is 56.2 Å². The van der Waals surface area contributed by atoms with Gasteiger partial charge >= 0.3 is 0 Å². The molecule has 2 aliphatic carbocycles. The van der Waals surface area contributed by atoms with E-state index >= 15 is 0 Å². The van der Waals surface area contributed by atoms with Gasteiger partial charge in [-0.1, -0.05) is 25.8 Å². The first-order valence-corrected chi connectivity index (χ1v) is 7.79. The standard InChI is InChI=1S/C17H25NO/c1-12-4-2-6-14(12)11-18-17-7-3-5-13-10-15(19)8-9-16(13)17/h8-10,12,14,17-19H,2-7,11H2,1H3. The highest BCUT2D eigenvalue weighted by Gasteiger charge is 2.25. The molecule has 2 N–H and O–H groups in total. The molecule has 104 valence electrons. The van der Waals surface area contributed by atoms with E-state index in [0.717, 1.165) is 24.8 Å². The Morgan fingerprint density at radius 2 is 2.11 bits per heavy atom. The molecule has 1 saturated carbocycles. The van der Waals surface area contributed by atoms with Gasteiger partial charge in [0.2, 0.25) is 0 Å². The molecule has 3 unspecified atom stereocenters. The zero-order valence-electron chi connectivity index (χ0n) is 11.9. The van der Waals surface area contributed by atoms with E-state index in [-0.39, 0.29) is 0 Å². The second-order valence-corrected chi connectivity index (χ2v) is 6.40. The Labute approximate surface area is 116 Å². The molecule has 1 aromatic carbocycles. The molecule has 0 bridgehead atoms. The molecule has 0 radical (unpaired) electrons. The van der Waals surface area contributed by atoms with E-state index in [9.17, 15) is 5.11 Å². The number of rotatable bonds is 3. The van der Waals surface area contributed by atoms with Crippen LogP contribution in [-0.2, 0) is 6.42 Å². The Hall–Kier alpha value is -1.02. The highest BCUT2D eigenvalue weighted by Crippen LogP contribution is 2.34. The second kappa shape index (κ2) is 5.54. The SMILES string of the molecule is CC1CCCC1CNC1CCCc2cc(O)ccc21. The topological polar surface area (TPSA) is 32.3 Å². The summed E-state index contributed by atoms with van der Waals surface area (Å²) in [4.78, 5) is 0. The van der Waals surface area contributed by atoms with Crippen LogP contribution in [0.3, 0.4) is 0 Å². The van der Waals surface area contributed by atoms with Crippen LogP contribution in [0.5, 0.6) is 5.75 Å². The lowest BCUT2D eigenvalue weighted by Crippen LogP contribution is -2.30. The van der Waals surface area contributed by atoms with Crippen molar-refractivity contribution >= 4 is 0 Å². The van der Waals surface area contributed by atoms with Gasteiger partial charge in [-0.05, 0) is 67.3 Å². The number of phenols is 1. The Balaban J connectivity index is 1.66. The van der Waals surface area contributed by atoms with Crippen molar-refractivity contribution in [2.24, 2.45) is 11.8 Å². The predicted octanol–water partition coefficient (Wildman–Crippen LogP) is 3.80. The average molecular weight is 259 g/mol. The zero-order valence-corrected chi connectivity index (χ0v) is 11.9. The Morgan fingerprint density at radius 1 is 1.21 bits per heavy atom. The maximum absolute atomic E-state index is 9.59. The number of phenolic OH excluding ortho intramolecular Hbond substituents is 1. The number of aromatic hydroxyl groups is 1. The second-order valence-electron chi connectivity index (χ2n) is 6.40. The van der Waals surface area contributed by atoms with Gasteiger partial charge in [-0.25, -0.2) is 0 Å². The van der Waals surface area contributed by atoms with Crippen molar-refractivity contribution in [2.45, 2.75) is 51.5 Å². The van der Waals surface area contributed by atoms with Crippen molar-refractivity contribution in [2.75, 3.05) is 6.54 Å². The molecule has 0 amide bonds. The molecule has 0 aromatic heterocycles. The minimum Gasteiger partial charge on any atom is -0.508 e. The summed E-state index contributed by atoms with van der Waals surface area (Å²) in [6.07, 6.45) is 7.78. The average Bonchev–Trinajstić information content (AvgIpc) is 2.81. The van der Waals surface area contributed by atoms with Crippen molar-refractivity contribution in [1.29, 1.82) is 0 Å². The Morgan fingerprint density at radius 3 is 2.89 bits per heavy atom. The maximum atomic E-state index is 9.59. The zero-order chi connectivity index (χ0) is 13.2. The monoisotopic (exact) mass is 259 g/mol. The van der Waals surface area contributed by atoms with E-state index in [1.165, 1.54) is 43.2 Å². The third-order valence-electron chi connectivity index (χ3n) is 5.11. The van der Waals surface area contributed by atoms with Crippen LogP contribution in [0.25, 0.3) is 0 Å². The summed E-state index contributed by atoms with van der Waals surface area (Å²) in [5.74, 6) is 2.15. The molecule has 3 rings (SSSR count). The van der Waals surface area contributed by atoms with Gasteiger partial charge in [-0.15, -0.1) is 0 Å². The van der Waals surface area contributed by atoms with Crippen LogP contribution in [0.2, 0.25) is 0 Å². The van der Waals surface area contributed by atoms with Gasteiger partial charge in [0.15, 0.2) is 0 Å². The maximum Gasteiger partial charge on any atom is 0.115 e. The van der Waals surface area contributed by atoms with E-state index < -0.39 is 0 Å². The van der Waals surface area contributed by atoms with E-state index in [4.69, 9.17) is 0 Å². The molecule has 2 aliphatic rings. The highest BCUT2D eigenvalue weighted by molar-refractivity contribution is 5.38. The summed E-state index contributed by atoms with van der Waals surface area (Å²) in [6.45, 7) is 3.55. The lowest BCUT2D eigenvalue weighted by Gasteiger charge is -2.28. The van der Waals surface area contributed by atoms with Gasteiger partial charge in [0.05, 0.1) is 0 Å².